The molecule has 0 aromatic heterocycles. The van der Waals surface area contributed by atoms with Crippen LogP contribution in [0.5, 0.6) is 5.75 Å². The summed E-state index contributed by atoms with van der Waals surface area (Å²) in [6.45, 7) is 6.35. The summed E-state index contributed by atoms with van der Waals surface area (Å²) in [6.07, 6.45) is 4.38. The molecule has 1 aliphatic carbocycles. The zero-order valence-electron chi connectivity index (χ0n) is 17.9. The van der Waals surface area contributed by atoms with Crippen molar-refractivity contribution in [1.82, 2.24) is 10.2 Å². The SMILES string of the molecule is C[C@@]1(NC(=O)CN2CCN(c3ccccc3)CC2)CCCC[C@@H]1c1ccc(O)cc1. The molecule has 2 aromatic carbocycles. The van der Waals surface area contributed by atoms with Crippen LogP contribution in [0.15, 0.2) is 54.6 Å². The first kappa shape index (κ1) is 20.7. The van der Waals surface area contributed by atoms with Gasteiger partial charge in [0.25, 0.3) is 0 Å². The van der Waals surface area contributed by atoms with Crippen LogP contribution >= 0.6 is 0 Å². The van der Waals surface area contributed by atoms with E-state index >= 15 is 0 Å². The maximum Gasteiger partial charge on any atom is 0.234 e. The minimum absolute atomic E-state index is 0.122. The minimum Gasteiger partial charge on any atom is -0.508 e. The molecule has 0 unspecified atom stereocenters. The third-order valence-corrected chi connectivity index (χ3v) is 6.79. The first-order valence-corrected chi connectivity index (χ1v) is 11.2. The third kappa shape index (κ3) is 4.78. The molecule has 2 N–H and O–H groups in total. The van der Waals surface area contributed by atoms with Crippen LogP contribution in [0.4, 0.5) is 5.69 Å². The van der Waals surface area contributed by atoms with Gasteiger partial charge in [0.05, 0.1) is 6.54 Å². The molecule has 0 spiro atoms. The molecule has 1 aliphatic heterocycles. The molecule has 0 bridgehead atoms. The van der Waals surface area contributed by atoms with E-state index in [0.717, 1.165) is 45.4 Å². The molecule has 1 amide bonds. The van der Waals surface area contributed by atoms with Gasteiger partial charge in [-0.15, -0.1) is 0 Å². The lowest BCUT2D eigenvalue weighted by Crippen LogP contribution is -2.56. The second kappa shape index (κ2) is 9.09. The highest BCUT2D eigenvalue weighted by molar-refractivity contribution is 5.79. The normalized spacial score (nSPS) is 25.1. The molecule has 5 nitrogen and oxygen atoms in total. The van der Waals surface area contributed by atoms with Crippen molar-refractivity contribution in [1.29, 1.82) is 0 Å². The predicted octanol–water partition coefficient (Wildman–Crippen LogP) is 3.75. The molecule has 5 heteroatoms. The van der Waals surface area contributed by atoms with E-state index in [1.54, 1.807) is 12.1 Å². The molecule has 2 aliphatic rings. The van der Waals surface area contributed by atoms with Crippen LogP contribution in [0.1, 0.15) is 44.1 Å². The average molecular weight is 408 g/mol. The molecular formula is C25H33N3O2. The summed E-state index contributed by atoms with van der Waals surface area (Å²) in [5.41, 5.74) is 2.22. The van der Waals surface area contributed by atoms with Crippen molar-refractivity contribution in [2.24, 2.45) is 0 Å². The lowest BCUT2D eigenvalue weighted by Gasteiger charge is -2.43. The molecule has 1 saturated carbocycles. The van der Waals surface area contributed by atoms with Crippen LogP contribution in [0, 0.1) is 0 Å². The third-order valence-electron chi connectivity index (χ3n) is 6.79. The molecular weight excluding hydrogens is 374 g/mol. The summed E-state index contributed by atoms with van der Waals surface area (Å²) >= 11 is 0. The highest BCUT2D eigenvalue weighted by Crippen LogP contribution is 2.41. The standard InChI is InChI=1S/C25H33N3O2/c1-25(14-6-5-9-23(25)20-10-12-22(29)13-11-20)26-24(30)19-27-15-17-28(18-16-27)21-7-3-2-4-8-21/h2-4,7-8,10-13,23,29H,5-6,9,14-19H2,1H3,(H,26,30)/t23-,25-/m1/s1. The summed E-state index contributed by atoms with van der Waals surface area (Å²) in [4.78, 5) is 17.6. The number of carbonyl (C=O) groups is 1. The van der Waals surface area contributed by atoms with E-state index in [1.165, 1.54) is 17.7 Å². The van der Waals surface area contributed by atoms with Gasteiger partial charge in [0.1, 0.15) is 5.75 Å². The van der Waals surface area contributed by atoms with Crippen LogP contribution in [0.2, 0.25) is 0 Å². The number of aromatic hydroxyl groups is 1. The Bertz CT molecular complexity index is 831. The van der Waals surface area contributed by atoms with Crippen molar-refractivity contribution in [3.05, 3.63) is 60.2 Å². The smallest absolute Gasteiger partial charge is 0.234 e. The van der Waals surface area contributed by atoms with E-state index in [2.05, 4.69) is 46.3 Å². The van der Waals surface area contributed by atoms with Crippen molar-refractivity contribution in [3.8, 4) is 5.75 Å². The van der Waals surface area contributed by atoms with E-state index in [4.69, 9.17) is 0 Å². The Morgan fingerprint density at radius 2 is 1.73 bits per heavy atom. The zero-order valence-corrected chi connectivity index (χ0v) is 17.9. The van der Waals surface area contributed by atoms with Gasteiger partial charge < -0.3 is 15.3 Å². The number of piperazine rings is 1. The van der Waals surface area contributed by atoms with Gasteiger partial charge in [-0.25, -0.2) is 0 Å². The van der Waals surface area contributed by atoms with E-state index in [0.29, 0.717) is 6.54 Å². The number of nitrogens with one attached hydrogen (secondary N) is 1. The number of nitrogens with zero attached hydrogens (tertiary/aromatic N) is 2. The Labute approximate surface area is 179 Å². The Kier molecular flexibility index (Phi) is 6.28. The van der Waals surface area contributed by atoms with Gasteiger partial charge in [-0.3, -0.25) is 9.69 Å². The van der Waals surface area contributed by atoms with Crippen molar-refractivity contribution in [2.75, 3.05) is 37.6 Å². The molecule has 0 radical (unpaired) electrons. The monoisotopic (exact) mass is 407 g/mol. The second-order valence-corrected chi connectivity index (χ2v) is 8.95. The number of phenols is 1. The van der Waals surface area contributed by atoms with Gasteiger partial charge >= 0.3 is 0 Å². The van der Waals surface area contributed by atoms with E-state index in [-0.39, 0.29) is 23.1 Å². The maximum absolute atomic E-state index is 13.0. The maximum atomic E-state index is 13.0. The lowest BCUT2D eigenvalue weighted by atomic mass is 9.70. The Hall–Kier alpha value is -2.53. The van der Waals surface area contributed by atoms with Gasteiger partial charge in [-0.2, -0.15) is 0 Å². The molecule has 1 heterocycles. The number of benzene rings is 2. The van der Waals surface area contributed by atoms with Crippen molar-refractivity contribution >= 4 is 11.6 Å². The number of rotatable bonds is 5. The highest BCUT2D eigenvalue weighted by Gasteiger charge is 2.38. The number of hydrogen-bond acceptors (Lipinski definition) is 4. The van der Waals surface area contributed by atoms with Gasteiger partial charge in [0.15, 0.2) is 0 Å². The number of phenolic OH excluding ortho intramolecular Hbond substituents is 1. The molecule has 1 saturated heterocycles. The van der Waals surface area contributed by atoms with E-state index < -0.39 is 0 Å². The lowest BCUT2D eigenvalue weighted by molar-refractivity contribution is -0.124. The number of amides is 1. The topological polar surface area (TPSA) is 55.8 Å². The van der Waals surface area contributed by atoms with Crippen LogP contribution in [-0.2, 0) is 4.79 Å². The highest BCUT2D eigenvalue weighted by atomic mass is 16.3. The Balaban J connectivity index is 1.34. The number of carbonyl (C=O) groups excluding carboxylic acids is 1. The predicted molar refractivity (Wildman–Crippen MR) is 121 cm³/mol. The first-order chi connectivity index (χ1) is 14.5. The quantitative estimate of drug-likeness (QED) is 0.793. The zero-order chi connectivity index (χ0) is 21.0. The number of hydrogen-bond donors (Lipinski definition) is 2. The summed E-state index contributed by atoms with van der Waals surface area (Å²) in [5.74, 6) is 0.692. The van der Waals surface area contributed by atoms with Crippen LogP contribution in [0.25, 0.3) is 0 Å². The molecule has 2 fully saturated rings. The minimum atomic E-state index is -0.238. The first-order valence-electron chi connectivity index (χ1n) is 11.2. The largest absolute Gasteiger partial charge is 0.508 e. The van der Waals surface area contributed by atoms with Crippen LogP contribution in [-0.4, -0.2) is 54.2 Å². The Morgan fingerprint density at radius 3 is 2.43 bits per heavy atom. The number of anilines is 1. The molecule has 160 valence electrons. The summed E-state index contributed by atoms with van der Waals surface area (Å²) in [6, 6.07) is 18.0. The average Bonchev–Trinajstić information content (AvgIpc) is 2.76. The second-order valence-electron chi connectivity index (χ2n) is 8.95. The summed E-state index contributed by atoms with van der Waals surface area (Å²) in [7, 11) is 0. The van der Waals surface area contributed by atoms with Crippen molar-refractivity contribution < 1.29 is 9.90 Å². The summed E-state index contributed by atoms with van der Waals surface area (Å²) in [5, 5.41) is 13.0. The van der Waals surface area contributed by atoms with E-state index in [1.807, 2.05) is 18.2 Å². The van der Waals surface area contributed by atoms with Crippen molar-refractivity contribution in [2.45, 2.75) is 44.1 Å². The fourth-order valence-corrected chi connectivity index (χ4v) is 5.09. The van der Waals surface area contributed by atoms with Gasteiger partial charge in [-0.05, 0) is 49.6 Å². The molecule has 2 aromatic rings. The van der Waals surface area contributed by atoms with Gasteiger partial charge in [-0.1, -0.05) is 43.2 Å². The Morgan fingerprint density at radius 1 is 1.03 bits per heavy atom. The van der Waals surface area contributed by atoms with Crippen LogP contribution in [0.3, 0.4) is 0 Å². The van der Waals surface area contributed by atoms with Crippen molar-refractivity contribution in [3.63, 3.8) is 0 Å². The van der Waals surface area contributed by atoms with E-state index in [9.17, 15) is 9.90 Å². The van der Waals surface area contributed by atoms with Crippen LogP contribution < -0.4 is 10.2 Å². The van der Waals surface area contributed by atoms with Gasteiger partial charge in [0.2, 0.25) is 5.91 Å². The fourth-order valence-electron chi connectivity index (χ4n) is 5.09. The number of para-hydroxylation sites is 1. The molecule has 2 atom stereocenters. The van der Waals surface area contributed by atoms with Gasteiger partial charge in [0, 0.05) is 43.3 Å². The molecule has 4 rings (SSSR count). The molecule has 30 heavy (non-hydrogen) atoms. The summed E-state index contributed by atoms with van der Waals surface area (Å²) < 4.78 is 0. The fraction of sp³-hybridized carbons (Fsp3) is 0.480.